The van der Waals surface area contributed by atoms with E-state index < -0.39 is 0 Å². The Morgan fingerprint density at radius 1 is 1.13 bits per heavy atom. The van der Waals surface area contributed by atoms with Crippen molar-refractivity contribution in [2.75, 3.05) is 21.3 Å². The maximum atomic E-state index is 11.0. The Hall–Kier alpha value is -2.60. The van der Waals surface area contributed by atoms with Gasteiger partial charge in [0, 0.05) is 24.7 Å². The van der Waals surface area contributed by atoms with Gasteiger partial charge in [-0.2, -0.15) is 5.10 Å². The van der Waals surface area contributed by atoms with Gasteiger partial charge in [-0.1, -0.05) is 55.8 Å². The van der Waals surface area contributed by atoms with Crippen molar-refractivity contribution in [3.63, 3.8) is 0 Å². The van der Waals surface area contributed by atoms with E-state index in [1.54, 1.807) is 44.3 Å². The number of hydrogen-bond donors (Lipinski definition) is 1. The molecule has 0 fully saturated rings. The molecule has 0 aromatic heterocycles. The molecule has 0 unspecified atom stereocenters. The van der Waals surface area contributed by atoms with Crippen LogP contribution in [0.2, 0.25) is 10.0 Å². The summed E-state index contributed by atoms with van der Waals surface area (Å²) in [5.74, 6) is 0.573. The quantitative estimate of drug-likeness (QED) is 0.229. The predicted molar refractivity (Wildman–Crippen MR) is 133 cm³/mol. The molecule has 0 heterocycles. The van der Waals surface area contributed by atoms with Crippen molar-refractivity contribution in [2.45, 2.75) is 20.8 Å². The van der Waals surface area contributed by atoms with E-state index in [9.17, 15) is 4.79 Å². The molecule has 31 heavy (non-hydrogen) atoms. The third-order valence-electron chi connectivity index (χ3n) is 3.78. The average molecular weight is 465 g/mol. The van der Waals surface area contributed by atoms with Crippen LogP contribution in [-0.4, -0.2) is 43.4 Å². The number of benzene rings is 2. The van der Waals surface area contributed by atoms with Crippen LogP contribution in [0, 0.1) is 0 Å². The lowest BCUT2D eigenvalue weighted by molar-refractivity contribution is -0.102. The highest BCUT2D eigenvalue weighted by molar-refractivity contribution is 6.32. The first kappa shape index (κ1) is 28.4. The minimum Gasteiger partial charge on any atom is -0.495 e. The Balaban J connectivity index is 0.00000212. The van der Waals surface area contributed by atoms with Gasteiger partial charge < -0.3 is 9.84 Å². The van der Waals surface area contributed by atoms with Gasteiger partial charge in [0.1, 0.15) is 5.75 Å². The number of ether oxygens (including phenoxy) is 1. The van der Waals surface area contributed by atoms with Gasteiger partial charge in [0.25, 0.3) is 0 Å². The Kier molecular flexibility index (Phi) is 14.0. The second-order valence-corrected chi connectivity index (χ2v) is 6.64. The molecule has 2 rings (SSSR count). The summed E-state index contributed by atoms with van der Waals surface area (Å²) in [6.07, 6.45) is 2.56. The van der Waals surface area contributed by atoms with Gasteiger partial charge in [0.15, 0.2) is 6.29 Å². The molecular weight excluding hydrogens is 435 g/mol. The van der Waals surface area contributed by atoms with Crippen LogP contribution in [0.25, 0.3) is 11.3 Å². The zero-order chi connectivity index (χ0) is 24.0. The highest BCUT2D eigenvalue weighted by atomic mass is 35.5. The molecular formula is C24H30Cl2N2O3. The molecule has 2 aromatic carbocycles. The normalized spacial score (nSPS) is 10.7. The smallest absolute Gasteiger partial charge is 0.165 e. The van der Waals surface area contributed by atoms with Crippen LogP contribution in [0.5, 0.6) is 5.75 Å². The first-order valence-corrected chi connectivity index (χ1v) is 10.3. The molecule has 0 aliphatic heterocycles. The highest BCUT2D eigenvalue weighted by Gasteiger charge is 2.12. The number of hydrazone groups is 1. The zero-order valence-corrected chi connectivity index (χ0v) is 20.3. The third kappa shape index (κ3) is 8.97. The topological polar surface area (TPSA) is 62.1 Å². The maximum Gasteiger partial charge on any atom is 0.165 e. The van der Waals surface area contributed by atoms with Crippen molar-refractivity contribution in [1.82, 2.24) is 5.01 Å². The summed E-state index contributed by atoms with van der Waals surface area (Å²) in [4.78, 5) is 11.0. The lowest BCUT2D eigenvalue weighted by Crippen LogP contribution is -2.13. The van der Waals surface area contributed by atoms with Crippen LogP contribution in [0.1, 0.15) is 31.9 Å². The van der Waals surface area contributed by atoms with Gasteiger partial charge in [-0.25, -0.2) is 0 Å². The number of rotatable bonds is 7. The largest absolute Gasteiger partial charge is 0.495 e. The van der Waals surface area contributed by atoms with E-state index in [1.807, 2.05) is 44.2 Å². The summed E-state index contributed by atoms with van der Waals surface area (Å²) in [7, 11) is 4.31. The number of aliphatic hydroxyl groups excluding tert-OH is 1. The van der Waals surface area contributed by atoms with E-state index in [0.717, 1.165) is 23.8 Å². The summed E-state index contributed by atoms with van der Waals surface area (Å²) in [6.45, 7) is 9.76. The second kappa shape index (κ2) is 15.2. The van der Waals surface area contributed by atoms with Crippen LogP contribution in [0.15, 0.2) is 60.2 Å². The van der Waals surface area contributed by atoms with Crippen molar-refractivity contribution in [1.29, 1.82) is 0 Å². The van der Waals surface area contributed by atoms with E-state index in [2.05, 4.69) is 11.7 Å². The monoisotopic (exact) mass is 464 g/mol. The molecule has 168 valence electrons. The molecule has 0 bridgehead atoms. The number of aliphatic hydroxyl groups is 1. The number of carbonyl (C=O) groups is 1. The summed E-state index contributed by atoms with van der Waals surface area (Å²) >= 11 is 12.4. The molecule has 0 saturated heterocycles. The Morgan fingerprint density at radius 2 is 1.77 bits per heavy atom. The van der Waals surface area contributed by atoms with Gasteiger partial charge in [-0.15, -0.1) is 0 Å². The summed E-state index contributed by atoms with van der Waals surface area (Å²) in [6, 6.07) is 12.8. The Bertz CT molecular complexity index is 925. The SMILES string of the molecule is C=C(/C=C(/c1ccc(OC)c(Cl)c1)N(C)/N=C(\C)C=O)c1cccc(Cl)c1.CC.CO. The molecule has 2 aromatic rings. The molecule has 0 amide bonds. The maximum absolute atomic E-state index is 11.0. The van der Waals surface area contributed by atoms with Crippen molar-refractivity contribution in [3.8, 4) is 5.75 Å². The fourth-order valence-electron chi connectivity index (χ4n) is 2.44. The van der Waals surface area contributed by atoms with Gasteiger partial charge in [-0.3, -0.25) is 9.80 Å². The summed E-state index contributed by atoms with van der Waals surface area (Å²) in [5.41, 5.74) is 3.48. The van der Waals surface area contributed by atoms with Gasteiger partial charge in [-0.05, 0) is 54.5 Å². The van der Waals surface area contributed by atoms with Crippen molar-refractivity contribution >= 4 is 46.5 Å². The molecule has 1 N–H and O–H groups in total. The van der Waals surface area contributed by atoms with Crippen LogP contribution < -0.4 is 4.74 Å². The molecule has 0 radical (unpaired) electrons. The number of halogens is 2. The van der Waals surface area contributed by atoms with E-state index in [-0.39, 0.29) is 0 Å². The van der Waals surface area contributed by atoms with Crippen LogP contribution in [-0.2, 0) is 4.79 Å². The fraction of sp³-hybridized carbons (Fsp3) is 0.250. The van der Waals surface area contributed by atoms with Crippen LogP contribution in [0.4, 0.5) is 0 Å². The van der Waals surface area contributed by atoms with E-state index >= 15 is 0 Å². The molecule has 0 atom stereocenters. The third-order valence-corrected chi connectivity index (χ3v) is 4.31. The highest BCUT2D eigenvalue weighted by Crippen LogP contribution is 2.31. The minimum atomic E-state index is 0.344. The number of methoxy groups -OCH3 is 1. The summed E-state index contributed by atoms with van der Waals surface area (Å²) < 4.78 is 5.21. The predicted octanol–water partition coefficient (Wildman–Crippen LogP) is 6.20. The lowest BCUT2D eigenvalue weighted by Gasteiger charge is -2.19. The van der Waals surface area contributed by atoms with Gasteiger partial charge in [0.05, 0.1) is 23.5 Å². The standard InChI is InChI=1S/C21H20Cl2N2O2.C2H6.CH4O/c1-14(16-6-5-7-18(22)11-16)10-20(25(3)24-15(2)13-26)17-8-9-21(27-4)19(23)12-17;2*1-2/h5-13H,1H2,2-4H3;1-2H3;2H,1H3/b20-10-,24-15+;;. The molecule has 0 saturated carbocycles. The van der Waals surface area contributed by atoms with E-state index in [0.29, 0.717) is 33.5 Å². The van der Waals surface area contributed by atoms with Crippen molar-refractivity contribution in [3.05, 3.63) is 76.3 Å². The zero-order valence-electron chi connectivity index (χ0n) is 18.8. The van der Waals surface area contributed by atoms with Crippen LogP contribution in [0.3, 0.4) is 0 Å². The summed E-state index contributed by atoms with van der Waals surface area (Å²) in [5, 5.41) is 14.0. The number of hydrogen-bond acceptors (Lipinski definition) is 5. The molecule has 0 aliphatic carbocycles. The molecule has 7 heteroatoms. The number of nitrogens with zero attached hydrogens (tertiary/aromatic N) is 2. The lowest BCUT2D eigenvalue weighted by atomic mass is 10.0. The van der Waals surface area contributed by atoms with Gasteiger partial charge >= 0.3 is 0 Å². The number of allylic oxidation sites excluding steroid dienone is 2. The van der Waals surface area contributed by atoms with E-state index in [1.165, 1.54) is 0 Å². The van der Waals surface area contributed by atoms with Crippen LogP contribution >= 0.6 is 23.2 Å². The fourth-order valence-corrected chi connectivity index (χ4v) is 2.89. The van der Waals surface area contributed by atoms with Gasteiger partial charge in [0.2, 0.25) is 0 Å². The number of aldehydes is 1. The van der Waals surface area contributed by atoms with E-state index in [4.69, 9.17) is 33.0 Å². The Labute approximate surface area is 195 Å². The van der Waals surface area contributed by atoms with Crippen molar-refractivity contribution in [2.24, 2.45) is 5.10 Å². The molecule has 0 spiro atoms. The Morgan fingerprint density at radius 3 is 2.29 bits per heavy atom. The first-order valence-electron chi connectivity index (χ1n) is 9.55. The average Bonchev–Trinajstić information content (AvgIpc) is 2.79. The first-order chi connectivity index (χ1) is 14.8. The van der Waals surface area contributed by atoms with Crippen molar-refractivity contribution < 1.29 is 14.6 Å². The molecule has 5 nitrogen and oxygen atoms in total. The second-order valence-electron chi connectivity index (χ2n) is 5.80. The molecule has 0 aliphatic rings. The number of carbonyl (C=O) groups excluding carboxylic acids is 1. The minimum absolute atomic E-state index is 0.344.